The van der Waals surface area contributed by atoms with E-state index in [4.69, 9.17) is 4.74 Å². The van der Waals surface area contributed by atoms with E-state index < -0.39 is 0 Å². The van der Waals surface area contributed by atoms with Crippen molar-refractivity contribution in [3.63, 3.8) is 0 Å². The Hall–Kier alpha value is -3.26. The summed E-state index contributed by atoms with van der Waals surface area (Å²) >= 11 is 0. The maximum Gasteiger partial charge on any atom is 0.244 e. The second-order valence-corrected chi connectivity index (χ2v) is 7.24. The van der Waals surface area contributed by atoms with Gasteiger partial charge in [-0.3, -0.25) is 19.3 Å². The Morgan fingerprint density at radius 2 is 2.00 bits per heavy atom. The number of hydrogen-bond donors (Lipinski definition) is 1. The molecule has 164 valence electrons. The summed E-state index contributed by atoms with van der Waals surface area (Å²) in [6.45, 7) is 5.20. The molecule has 0 fully saturated rings. The van der Waals surface area contributed by atoms with Gasteiger partial charge in [0.25, 0.3) is 0 Å². The fourth-order valence-electron chi connectivity index (χ4n) is 3.39. The molecule has 0 atom stereocenters. The predicted molar refractivity (Wildman–Crippen MR) is 117 cm³/mol. The molecule has 2 aromatic heterocycles. The maximum atomic E-state index is 13.1. The summed E-state index contributed by atoms with van der Waals surface area (Å²) in [5.41, 5.74) is 1.75. The molecule has 0 aliphatic heterocycles. The number of carbonyl (C=O) groups is 2. The van der Waals surface area contributed by atoms with Crippen molar-refractivity contribution in [2.45, 2.75) is 39.8 Å². The van der Waals surface area contributed by atoms with E-state index in [1.165, 1.54) is 6.20 Å². The molecule has 31 heavy (non-hydrogen) atoms. The van der Waals surface area contributed by atoms with Gasteiger partial charge in [-0.25, -0.2) is 0 Å². The number of benzene rings is 1. The number of nitrogens with zero attached hydrogens (tertiary/aromatic N) is 4. The van der Waals surface area contributed by atoms with Gasteiger partial charge in [-0.1, -0.05) is 13.3 Å². The molecule has 0 saturated heterocycles. The highest BCUT2D eigenvalue weighted by Crippen LogP contribution is 2.26. The zero-order valence-corrected chi connectivity index (χ0v) is 18.2. The topological polar surface area (TPSA) is 97.6 Å². The normalized spacial score (nSPS) is 11.0. The van der Waals surface area contributed by atoms with E-state index in [0.717, 1.165) is 12.8 Å². The summed E-state index contributed by atoms with van der Waals surface area (Å²) in [7, 11) is 1.57. The first-order valence-electron chi connectivity index (χ1n) is 10.4. The van der Waals surface area contributed by atoms with Crippen molar-refractivity contribution in [1.82, 2.24) is 19.7 Å². The van der Waals surface area contributed by atoms with E-state index in [0.29, 0.717) is 41.0 Å². The van der Waals surface area contributed by atoms with Gasteiger partial charge >= 0.3 is 0 Å². The number of amides is 1. The lowest BCUT2D eigenvalue weighted by Gasteiger charge is -2.20. The maximum absolute atomic E-state index is 13.1. The Labute approximate surface area is 181 Å². The summed E-state index contributed by atoms with van der Waals surface area (Å²) in [4.78, 5) is 31.9. The summed E-state index contributed by atoms with van der Waals surface area (Å²) in [6.07, 6.45) is 3.37. The number of ketones is 1. The number of methoxy groups -OCH3 is 1. The van der Waals surface area contributed by atoms with Gasteiger partial charge in [0.2, 0.25) is 11.7 Å². The first-order valence-corrected chi connectivity index (χ1v) is 10.4. The first-order chi connectivity index (χ1) is 15.0. The van der Waals surface area contributed by atoms with Crippen LogP contribution in [0.25, 0.3) is 10.9 Å². The molecule has 0 bridgehead atoms. The standard InChI is InChI=1S/C23H28N4O4/c1-4-6-11-26(5-2)21(29)14-27-20-12-18(31-3)9-10-19(20)22(25-27)23(30)16-7-8-17(15-28)24-13-16/h7-10,12-13,28H,4-6,11,14-15H2,1-3H3. The largest absolute Gasteiger partial charge is 0.497 e. The predicted octanol–water partition coefficient (Wildman–Crippen LogP) is 2.81. The minimum Gasteiger partial charge on any atom is -0.497 e. The average Bonchev–Trinajstić information content (AvgIpc) is 3.16. The number of aliphatic hydroxyl groups excluding tert-OH is 1. The molecule has 0 spiro atoms. The molecule has 3 aromatic rings. The van der Waals surface area contributed by atoms with Crippen LogP contribution >= 0.6 is 0 Å². The minimum atomic E-state index is -0.295. The lowest BCUT2D eigenvalue weighted by atomic mass is 10.1. The second-order valence-electron chi connectivity index (χ2n) is 7.24. The fraction of sp³-hybridized carbons (Fsp3) is 0.391. The van der Waals surface area contributed by atoms with Gasteiger partial charge in [-0.05, 0) is 37.6 Å². The van der Waals surface area contributed by atoms with Crippen LogP contribution in [0, 0.1) is 0 Å². The number of likely N-dealkylation sites (N-methyl/N-ethyl adjacent to an activating group) is 1. The van der Waals surface area contributed by atoms with Gasteiger partial charge in [-0.2, -0.15) is 5.10 Å². The molecule has 0 radical (unpaired) electrons. The third-order valence-electron chi connectivity index (χ3n) is 5.22. The number of aliphatic hydroxyl groups is 1. The van der Waals surface area contributed by atoms with E-state index in [9.17, 15) is 14.7 Å². The molecule has 0 unspecified atom stereocenters. The van der Waals surface area contributed by atoms with Gasteiger partial charge in [0.15, 0.2) is 0 Å². The van der Waals surface area contributed by atoms with E-state index >= 15 is 0 Å². The molecule has 0 aliphatic carbocycles. The molecule has 1 amide bonds. The van der Waals surface area contributed by atoms with Crippen molar-refractivity contribution in [2.24, 2.45) is 0 Å². The zero-order chi connectivity index (χ0) is 22.4. The van der Waals surface area contributed by atoms with Crippen molar-refractivity contribution in [3.05, 3.63) is 53.5 Å². The Morgan fingerprint density at radius 3 is 2.61 bits per heavy atom. The zero-order valence-electron chi connectivity index (χ0n) is 18.2. The van der Waals surface area contributed by atoms with Crippen molar-refractivity contribution in [3.8, 4) is 5.75 Å². The summed E-state index contributed by atoms with van der Waals surface area (Å²) in [5.74, 6) is 0.278. The van der Waals surface area contributed by atoms with Gasteiger partial charge in [0, 0.05) is 36.3 Å². The molecule has 1 aromatic carbocycles. The van der Waals surface area contributed by atoms with Crippen molar-refractivity contribution >= 4 is 22.6 Å². The molecule has 0 saturated carbocycles. The number of fused-ring (bicyclic) bond motifs is 1. The number of ether oxygens (including phenoxy) is 1. The lowest BCUT2D eigenvalue weighted by molar-refractivity contribution is -0.131. The molecular formula is C23H28N4O4. The second kappa shape index (κ2) is 10.2. The summed E-state index contributed by atoms with van der Waals surface area (Å²) in [5, 5.41) is 14.3. The van der Waals surface area contributed by atoms with E-state index in [-0.39, 0.29) is 30.5 Å². The van der Waals surface area contributed by atoms with Gasteiger partial charge < -0.3 is 14.7 Å². The highest BCUT2D eigenvalue weighted by Gasteiger charge is 2.22. The first kappa shape index (κ1) is 22.4. The molecular weight excluding hydrogens is 396 g/mol. The van der Waals surface area contributed by atoms with Crippen LogP contribution in [-0.2, 0) is 17.9 Å². The van der Waals surface area contributed by atoms with Crippen LogP contribution in [0.3, 0.4) is 0 Å². The van der Waals surface area contributed by atoms with Crippen LogP contribution in [0.1, 0.15) is 48.4 Å². The number of pyridine rings is 1. The Balaban J connectivity index is 1.99. The monoisotopic (exact) mass is 424 g/mol. The number of unbranched alkanes of at least 4 members (excludes halogenated alkanes) is 1. The summed E-state index contributed by atoms with van der Waals surface area (Å²) in [6, 6.07) is 8.54. The third-order valence-corrected chi connectivity index (χ3v) is 5.22. The molecule has 0 aliphatic rings. The highest BCUT2D eigenvalue weighted by molar-refractivity contribution is 6.15. The Morgan fingerprint density at radius 1 is 1.19 bits per heavy atom. The molecule has 8 heteroatoms. The van der Waals surface area contributed by atoms with E-state index in [1.54, 1.807) is 47.0 Å². The third kappa shape index (κ3) is 4.91. The number of aromatic nitrogens is 3. The van der Waals surface area contributed by atoms with Crippen LogP contribution < -0.4 is 4.74 Å². The summed E-state index contributed by atoms with van der Waals surface area (Å²) < 4.78 is 6.90. The number of hydrogen-bond acceptors (Lipinski definition) is 6. The van der Waals surface area contributed by atoms with E-state index in [1.807, 2.05) is 6.92 Å². The highest BCUT2D eigenvalue weighted by atomic mass is 16.5. The Bertz CT molecular complexity index is 1060. The number of carbonyl (C=O) groups excluding carboxylic acids is 2. The molecule has 8 nitrogen and oxygen atoms in total. The molecule has 1 N–H and O–H groups in total. The Kier molecular flexibility index (Phi) is 7.36. The number of rotatable bonds is 10. The van der Waals surface area contributed by atoms with Crippen molar-refractivity contribution in [2.75, 3.05) is 20.2 Å². The van der Waals surface area contributed by atoms with Crippen LogP contribution in [0.4, 0.5) is 0 Å². The lowest BCUT2D eigenvalue weighted by Crippen LogP contribution is -2.34. The van der Waals surface area contributed by atoms with Crippen molar-refractivity contribution < 1.29 is 19.4 Å². The van der Waals surface area contributed by atoms with Crippen LogP contribution in [0.2, 0.25) is 0 Å². The molecule has 2 heterocycles. The van der Waals surface area contributed by atoms with E-state index in [2.05, 4.69) is 17.0 Å². The van der Waals surface area contributed by atoms with Crippen LogP contribution in [0.5, 0.6) is 5.75 Å². The molecule has 3 rings (SSSR count). The quantitative estimate of drug-likeness (QED) is 0.503. The SMILES string of the molecule is CCCCN(CC)C(=O)Cn1nc(C(=O)c2ccc(CO)nc2)c2ccc(OC)cc21. The van der Waals surface area contributed by atoms with Gasteiger partial charge in [-0.15, -0.1) is 0 Å². The van der Waals surface area contributed by atoms with Crippen LogP contribution in [-0.4, -0.2) is 56.7 Å². The van der Waals surface area contributed by atoms with Gasteiger partial charge in [0.05, 0.1) is 24.9 Å². The van der Waals surface area contributed by atoms with Crippen LogP contribution in [0.15, 0.2) is 36.5 Å². The minimum absolute atomic E-state index is 0.0379. The van der Waals surface area contributed by atoms with Crippen molar-refractivity contribution in [1.29, 1.82) is 0 Å². The fourth-order valence-corrected chi connectivity index (χ4v) is 3.39. The average molecular weight is 425 g/mol. The van der Waals surface area contributed by atoms with Gasteiger partial charge in [0.1, 0.15) is 18.0 Å². The smallest absolute Gasteiger partial charge is 0.244 e.